The molecule has 1 aliphatic rings. The molecule has 0 aliphatic carbocycles. The Balaban J connectivity index is 2.32. The van der Waals surface area contributed by atoms with Crippen molar-refractivity contribution in [3.05, 3.63) is 0 Å². The first-order chi connectivity index (χ1) is 9.60. The number of hydrogen-bond donors (Lipinski definition) is 1. The number of nitrogens with zero attached hydrogens (tertiary/aromatic N) is 2. The lowest BCUT2D eigenvalue weighted by atomic mass is 10.0. The highest BCUT2D eigenvalue weighted by Crippen LogP contribution is 2.18. The van der Waals surface area contributed by atoms with Crippen LogP contribution in [-0.4, -0.2) is 70.5 Å². The summed E-state index contributed by atoms with van der Waals surface area (Å²) in [6.07, 6.45) is 2.40. The number of hydrogen-bond acceptors (Lipinski definition) is 4. The fourth-order valence-corrected chi connectivity index (χ4v) is 3.33. The quantitative estimate of drug-likeness (QED) is 0.689. The highest BCUT2D eigenvalue weighted by atomic mass is 32.2. The number of amides is 1. The van der Waals surface area contributed by atoms with Crippen LogP contribution in [0.1, 0.15) is 33.1 Å². The van der Waals surface area contributed by atoms with Crippen molar-refractivity contribution in [1.29, 1.82) is 0 Å². The van der Waals surface area contributed by atoms with Gasteiger partial charge >= 0.3 is 5.97 Å². The van der Waals surface area contributed by atoms with E-state index in [4.69, 9.17) is 5.11 Å². The van der Waals surface area contributed by atoms with E-state index in [0.29, 0.717) is 18.7 Å². The molecule has 1 saturated heterocycles. The Kier molecular flexibility index (Phi) is 7.99. The Labute approximate surface area is 125 Å². The number of thioether (sulfide) groups is 1. The van der Waals surface area contributed by atoms with Gasteiger partial charge in [-0.3, -0.25) is 4.79 Å². The lowest BCUT2D eigenvalue weighted by Gasteiger charge is -2.33. The number of carboxylic acid groups (broad SMARTS) is 1. The second kappa shape index (κ2) is 9.23. The number of carboxylic acids is 1. The smallest absolute Gasteiger partial charge is 0.326 e. The zero-order valence-electron chi connectivity index (χ0n) is 12.5. The zero-order chi connectivity index (χ0) is 15.0. The molecule has 0 spiro atoms. The number of aliphatic carboxylic acids is 1. The highest BCUT2D eigenvalue weighted by Gasteiger charge is 2.31. The molecule has 20 heavy (non-hydrogen) atoms. The molecule has 116 valence electrons. The van der Waals surface area contributed by atoms with Gasteiger partial charge < -0.3 is 14.9 Å². The maximum absolute atomic E-state index is 12.1. The molecule has 1 amide bonds. The number of rotatable bonds is 8. The Morgan fingerprint density at radius 1 is 1.30 bits per heavy atom. The number of likely N-dealkylation sites (tertiary alicyclic amines) is 1. The summed E-state index contributed by atoms with van der Waals surface area (Å²) in [7, 11) is 0. The van der Waals surface area contributed by atoms with Crippen molar-refractivity contribution in [3.8, 4) is 0 Å². The molecule has 1 heterocycles. The summed E-state index contributed by atoms with van der Waals surface area (Å²) in [6.45, 7) is 7.88. The van der Waals surface area contributed by atoms with E-state index in [9.17, 15) is 9.59 Å². The molecule has 0 aromatic heterocycles. The molecule has 1 N–H and O–H groups in total. The monoisotopic (exact) mass is 302 g/mol. The van der Waals surface area contributed by atoms with Gasteiger partial charge in [0.2, 0.25) is 5.91 Å². The molecule has 5 nitrogen and oxygen atoms in total. The zero-order valence-corrected chi connectivity index (χ0v) is 13.3. The van der Waals surface area contributed by atoms with Crippen molar-refractivity contribution in [3.63, 3.8) is 0 Å². The van der Waals surface area contributed by atoms with Crippen molar-refractivity contribution in [2.45, 2.75) is 39.2 Å². The standard InChI is InChI=1S/C14H26N2O3S/c1-3-15(4-2)9-10-20-11-13(17)16-8-6-5-7-12(16)14(18)19/h12H,3-11H2,1-2H3,(H,18,19). The summed E-state index contributed by atoms with van der Waals surface area (Å²) in [6, 6.07) is -0.611. The minimum atomic E-state index is -0.869. The number of carbonyl (C=O) groups excluding carboxylic acids is 1. The molecule has 1 unspecified atom stereocenters. The van der Waals surface area contributed by atoms with Gasteiger partial charge in [0, 0.05) is 18.8 Å². The Morgan fingerprint density at radius 2 is 2.00 bits per heavy atom. The van der Waals surface area contributed by atoms with E-state index in [1.165, 1.54) is 0 Å². The summed E-state index contributed by atoms with van der Waals surface area (Å²) in [5, 5.41) is 9.16. The van der Waals surface area contributed by atoms with Crippen LogP contribution in [0.2, 0.25) is 0 Å². The van der Waals surface area contributed by atoms with Crippen molar-refractivity contribution < 1.29 is 14.7 Å². The largest absolute Gasteiger partial charge is 0.480 e. The van der Waals surface area contributed by atoms with Gasteiger partial charge in [-0.1, -0.05) is 13.8 Å². The fraction of sp³-hybridized carbons (Fsp3) is 0.857. The van der Waals surface area contributed by atoms with E-state index in [1.807, 2.05) is 0 Å². The SMILES string of the molecule is CCN(CC)CCSCC(=O)N1CCCCC1C(=O)O. The lowest BCUT2D eigenvalue weighted by Crippen LogP contribution is -2.48. The predicted molar refractivity (Wildman–Crippen MR) is 82.1 cm³/mol. The molecule has 1 fully saturated rings. The second-order valence-corrected chi connectivity index (χ2v) is 6.12. The van der Waals surface area contributed by atoms with Crippen LogP contribution in [0.25, 0.3) is 0 Å². The van der Waals surface area contributed by atoms with Gasteiger partial charge in [0.05, 0.1) is 5.75 Å². The molecular weight excluding hydrogens is 276 g/mol. The van der Waals surface area contributed by atoms with E-state index in [0.717, 1.165) is 38.2 Å². The predicted octanol–water partition coefficient (Wildman–Crippen LogP) is 1.53. The average Bonchev–Trinajstić information content (AvgIpc) is 2.47. The molecule has 1 rings (SSSR count). The van der Waals surface area contributed by atoms with E-state index in [1.54, 1.807) is 16.7 Å². The van der Waals surface area contributed by atoms with E-state index >= 15 is 0 Å². The van der Waals surface area contributed by atoms with Crippen molar-refractivity contribution >= 4 is 23.6 Å². The van der Waals surface area contributed by atoms with Gasteiger partial charge in [0.1, 0.15) is 6.04 Å². The first-order valence-corrected chi connectivity index (χ1v) is 8.58. The minimum Gasteiger partial charge on any atom is -0.480 e. The normalized spacial score (nSPS) is 19.4. The highest BCUT2D eigenvalue weighted by molar-refractivity contribution is 7.99. The molecule has 0 aromatic rings. The average molecular weight is 302 g/mol. The van der Waals surface area contributed by atoms with Gasteiger partial charge in [-0.25, -0.2) is 4.79 Å². The second-order valence-electron chi connectivity index (χ2n) is 5.02. The van der Waals surface area contributed by atoms with Gasteiger partial charge in [-0.15, -0.1) is 0 Å². The number of carbonyl (C=O) groups is 2. The Bertz CT molecular complexity index is 322. The van der Waals surface area contributed by atoms with Gasteiger partial charge in [-0.05, 0) is 32.4 Å². The molecular formula is C14H26N2O3S. The van der Waals surface area contributed by atoms with Crippen molar-refractivity contribution in [2.24, 2.45) is 0 Å². The Hall–Kier alpha value is -0.750. The maximum Gasteiger partial charge on any atom is 0.326 e. The van der Waals surface area contributed by atoms with Crippen molar-refractivity contribution in [2.75, 3.05) is 37.7 Å². The maximum atomic E-state index is 12.1. The summed E-state index contributed by atoms with van der Waals surface area (Å²) < 4.78 is 0. The number of piperidine rings is 1. The fourth-order valence-electron chi connectivity index (χ4n) is 2.46. The summed E-state index contributed by atoms with van der Waals surface area (Å²) in [5.74, 6) is 0.414. The van der Waals surface area contributed by atoms with Gasteiger partial charge in [-0.2, -0.15) is 11.8 Å². The van der Waals surface area contributed by atoms with Crippen molar-refractivity contribution in [1.82, 2.24) is 9.80 Å². The molecule has 0 radical (unpaired) electrons. The molecule has 1 atom stereocenters. The summed E-state index contributed by atoms with van der Waals surface area (Å²) in [5.41, 5.74) is 0. The molecule has 1 aliphatic heterocycles. The molecule has 0 bridgehead atoms. The third kappa shape index (κ3) is 5.32. The van der Waals surface area contributed by atoms with Crippen LogP contribution in [-0.2, 0) is 9.59 Å². The van der Waals surface area contributed by atoms with Crippen LogP contribution >= 0.6 is 11.8 Å². The van der Waals surface area contributed by atoms with Crippen LogP contribution in [0.5, 0.6) is 0 Å². The molecule has 0 aromatic carbocycles. The van der Waals surface area contributed by atoms with Crippen LogP contribution in [0.15, 0.2) is 0 Å². The van der Waals surface area contributed by atoms with Gasteiger partial charge in [0.25, 0.3) is 0 Å². The Morgan fingerprint density at radius 3 is 2.60 bits per heavy atom. The van der Waals surface area contributed by atoms with E-state index in [2.05, 4.69) is 18.7 Å². The topological polar surface area (TPSA) is 60.9 Å². The summed E-state index contributed by atoms with van der Waals surface area (Å²) in [4.78, 5) is 27.2. The van der Waals surface area contributed by atoms with Crippen LogP contribution in [0.4, 0.5) is 0 Å². The lowest BCUT2D eigenvalue weighted by molar-refractivity contribution is -0.150. The van der Waals surface area contributed by atoms with Crippen LogP contribution in [0, 0.1) is 0 Å². The van der Waals surface area contributed by atoms with Gasteiger partial charge in [0.15, 0.2) is 0 Å². The third-order valence-electron chi connectivity index (χ3n) is 3.78. The van der Waals surface area contributed by atoms with E-state index < -0.39 is 12.0 Å². The first kappa shape index (κ1) is 17.3. The minimum absolute atomic E-state index is 0.0263. The van der Waals surface area contributed by atoms with E-state index in [-0.39, 0.29) is 5.91 Å². The first-order valence-electron chi connectivity index (χ1n) is 7.42. The van der Waals surface area contributed by atoms with Crippen LogP contribution in [0.3, 0.4) is 0 Å². The summed E-state index contributed by atoms with van der Waals surface area (Å²) >= 11 is 1.60. The third-order valence-corrected chi connectivity index (χ3v) is 4.70. The molecule has 6 heteroatoms. The molecule has 0 saturated carbocycles. The van der Waals surface area contributed by atoms with Crippen LogP contribution < -0.4 is 0 Å².